The van der Waals surface area contributed by atoms with Crippen LogP contribution in [0.2, 0.25) is 0 Å². The van der Waals surface area contributed by atoms with E-state index in [4.69, 9.17) is 4.74 Å². The van der Waals surface area contributed by atoms with Crippen LogP contribution < -0.4 is 15.4 Å². The molecule has 2 fully saturated rings. The number of piperazine rings is 1. The Morgan fingerprint density at radius 2 is 1.65 bits per heavy atom. The van der Waals surface area contributed by atoms with Crippen molar-refractivity contribution >= 4 is 17.6 Å². The van der Waals surface area contributed by atoms with Crippen molar-refractivity contribution in [3.8, 4) is 5.75 Å². The van der Waals surface area contributed by atoms with Gasteiger partial charge in [0.2, 0.25) is 5.91 Å². The van der Waals surface area contributed by atoms with Crippen molar-refractivity contribution in [3.63, 3.8) is 0 Å². The number of anilines is 1. The molecule has 1 heterocycles. The smallest absolute Gasteiger partial charge is 0.321 e. The van der Waals surface area contributed by atoms with Crippen molar-refractivity contribution in [1.29, 1.82) is 0 Å². The fourth-order valence-electron chi connectivity index (χ4n) is 5.11. The van der Waals surface area contributed by atoms with Crippen LogP contribution in [0, 0.1) is 5.92 Å². The molecule has 2 aromatic rings. The lowest BCUT2D eigenvalue weighted by Gasteiger charge is -2.40. The second kappa shape index (κ2) is 11.9. The number of hydrogen-bond donors (Lipinski definition) is 2. The molecule has 0 aromatic heterocycles. The molecule has 0 spiro atoms. The minimum Gasteiger partial charge on any atom is -0.497 e. The van der Waals surface area contributed by atoms with E-state index >= 15 is 0 Å². The average Bonchev–Trinajstić information content (AvgIpc) is 3.40. The van der Waals surface area contributed by atoms with Gasteiger partial charge in [0, 0.05) is 38.4 Å². The van der Waals surface area contributed by atoms with Crippen molar-refractivity contribution in [2.45, 2.75) is 38.1 Å². The van der Waals surface area contributed by atoms with Crippen LogP contribution in [0.25, 0.3) is 0 Å². The SMILES string of the molecule is COc1ccc(NC(=O)N2CCN([C@@H](C(=O)NCCc3ccccc3)C3CCCC3)CC2)cc1. The van der Waals surface area contributed by atoms with Gasteiger partial charge in [0.15, 0.2) is 0 Å². The summed E-state index contributed by atoms with van der Waals surface area (Å²) in [4.78, 5) is 30.2. The summed E-state index contributed by atoms with van der Waals surface area (Å²) >= 11 is 0. The van der Waals surface area contributed by atoms with Gasteiger partial charge >= 0.3 is 6.03 Å². The maximum Gasteiger partial charge on any atom is 0.321 e. The molecule has 2 aromatic carbocycles. The maximum absolute atomic E-state index is 13.3. The maximum atomic E-state index is 13.3. The van der Waals surface area contributed by atoms with Crippen LogP contribution in [0.4, 0.5) is 10.5 Å². The van der Waals surface area contributed by atoms with E-state index in [1.54, 1.807) is 7.11 Å². The molecule has 0 unspecified atom stereocenters. The molecule has 1 saturated carbocycles. The first-order valence-electron chi connectivity index (χ1n) is 12.4. The van der Waals surface area contributed by atoms with Gasteiger partial charge in [-0.05, 0) is 55.0 Å². The van der Waals surface area contributed by atoms with Gasteiger partial charge in [0.25, 0.3) is 0 Å². The van der Waals surface area contributed by atoms with Gasteiger partial charge in [-0.1, -0.05) is 43.2 Å². The zero-order chi connectivity index (χ0) is 23.8. The topological polar surface area (TPSA) is 73.9 Å². The lowest BCUT2D eigenvalue weighted by molar-refractivity contribution is -0.129. The molecule has 4 rings (SSSR count). The Morgan fingerprint density at radius 1 is 0.971 bits per heavy atom. The number of amides is 3. The van der Waals surface area contributed by atoms with Crippen LogP contribution in [0.5, 0.6) is 5.75 Å². The predicted molar refractivity (Wildman–Crippen MR) is 134 cm³/mol. The standard InChI is InChI=1S/C27H36N4O3/c1-34-24-13-11-23(12-14-24)29-27(33)31-19-17-30(18-20-31)25(22-9-5-6-10-22)26(32)28-16-15-21-7-3-2-4-8-21/h2-4,7-8,11-14,22,25H,5-6,9-10,15-20H2,1H3,(H,28,32)(H,29,33)/t25-/m1/s1. The lowest BCUT2D eigenvalue weighted by Crippen LogP contribution is -2.58. The Morgan fingerprint density at radius 3 is 2.29 bits per heavy atom. The molecule has 3 amide bonds. The quantitative estimate of drug-likeness (QED) is 0.624. The van der Waals surface area contributed by atoms with Gasteiger partial charge in [-0.15, -0.1) is 0 Å². The third-order valence-corrected chi connectivity index (χ3v) is 7.01. The van der Waals surface area contributed by atoms with E-state index < -0.39 is 0 Å². The molecule has 34 heavy (non-hydrogen) atoms. The molecular formula is C27H36N4O3. The normalized spacial score (nSPS) is 17.9. The highest BCUT2D eigenvalue weighted by atomic mass is 16.5. The molecule has 0 bridgehead atoms. The van der Waals surface area contributed by atoms with Gasteiger partial charge in [0.1, 0.15) is 5.75 Å². The Bertz CT molecular complexity index is 921. The van der Waals surface area contributed by atoms with E-state index in [0.29, 0.717) is 38.6 Å². The fourth-order valence-corrected chi connectivity index (χ4v) is 5.11. The summed E-state index contributed by atoms with van der Waals surface area (Å²) in [6.07, 6.45) is 5.44. The van der Waals surface area contributed by atoms with Crippen molar-refractivity contribution in [2.24, 2.45) is 5.92 Å². The number of urea groups is 1. The van der Waals surface area contributed by atoms with Crippen LogP contribution in [0.3, 0.4) is 0 Å². The van der Waals surface area contributed by atoms with Crippen LogP contribution in [-0.2, 0) is 11.2 Å². The predicted octanol–water partition coefficient (Wildman–Crippen LogP) is 3.76. The van der Waals surface area contributed by atoms with Crippen molar-refractivity contribution in [3.05, 3.63) is 60.2 Å². The van der Waals surface area contributed by atoms with E-state index in [-0.39, 0.29) is 18.0 Å². The second-order valence-electron chi connectivity index (χ2n) is 9.20. The molecular weight excluding hydrogens is 428 g/mol. The van der Waals surface area contributed by atoms with Crippen LogP contribution in [0.1, 0.15) is 31.2 Å². The van der Waals surface area contributed by atoms with E-state index in [1.165, 1.54) is 18.4 Å². The minimum atomic E-state index is -0.106. The monoisotopic (exact) mass is 464 g/mol. The molecule has 2 aliphatic rings. The number of nitrogens with zero attached hydrogens (tertiary/aromatic N) is 2. The van der Waals surface area contributed by atoms with Gasteiger partial charge in [-0.25, -0.2) is 4.79 Å². The summed E-state index contributed by atoms with van der Waals surface area (Å²) in [6.45, 7) is 3.30. The molecule has 182 valence electrons. The second-order valence-corrected chi connectivity index (χ2v) is 9.20. The zero-order valence-electron chi connectivity index (χ0n) is 20.0. The Hall–Kier alpha value is -3.06. The summed E-state index contributed by atoms with van der Waals surface area (Å²) in [6, 6.07) is 17.4. The summed E-state index contributed by atoms with van der Waals surface area (Å²) in [5.74, 6) is 1.29. The first kappa shape index (κ1) is 24.1. The zero-order valence-corrected chi connectivity index (χ0v) is 20.0. The van der Waals surface area contributed by atoms with Crippen molar-refractivity contribution in [1.82, 2.24) is 15.1 Å². The summed E-state index contributed by atoms with van der Waals surface area (Å²) in [5, 5.41) is 6.16. The highest BCUT2D eigenvalue weighted by Crippen LogP contribution is 2.31. The van der Waals surface area contributed by atoms with Crippen LogP contribution in [-0.4, -0.2) is 67.6 Å². The van der Waals surface area contributed by atoms with Gasteiger partial charge in [-0.3, -0.25) is 9.69 Å². The highest BCUT2D eigenvalue weighted by molar-refractivity contribution is 5.89. The number of hydrogen-bond acceptors (Lipinski definition) is 4. The highest BCUT2D eigenvalue weighted by Gasteiger charge is 2.37. The molecule has 1 saturated heterocycles. The number of benzene rings is 2. The molecule has 1 aliphatic carbocycles. The average molecular weight is 465 g/mol. The third kappa shape index (κ3) is 6.29. The number of carbonyl (C=O) groups is 2. The molecule has 0 radical (unpaired) electrons. The first-order chi connectivity index (χ1) is 16.6. The van der Waals surface area contributed by atoms with E-state index in [0.717, 1.165) is 30.7 Å². The summed E-state index contributed by atoms with van der Waals surface area (Å²) in [5.41, 5.74) is 1.98. The number of ether oxygens (including phenoxy) is 1. The number of nitrogens with one attached hydrogen (secondary N) is 2. The minimum absolute atomic E-state index is 0.102. The molecule has 7 heteroatoms. The lowest BCUT2D eigenvalue weighted by atomic mass is 9.95. The molecule has 1 atom stereocenters. The molecule has 2 N–H and O–H groups in total. The van der Waals surface area contributed by atoms with Crippen LogP contribution >= 0.6 is 0 Å². The Balaban J connectivity index is 1.30. The van der Waals surface area contributed by atoms with Gasteiger partial charge < -0.3 is 20.3 Å². The van der Waals surface area contributed by atoms with Gasteiger partial charge in [0.05, 0.1) is 13.2 Å². The van der Waals surface area contributed by atoms with Gasteiger partial charge in [-0.2, -0.15) is 0 Å². The largest absolute Gasteiger partial charge is 0.497 e. The first-order valence-corrected chi connectivity index (χ1v) is 12.4. The fraction of sp³-hybridized carbons (Fsp3) is 0.481. The van der Waals surface area contributed by atoms with Crippen molar-refractivity contribution in [2.75, 3.05) is 45.2 Å². The van der Waals surface area contributed by atoms with E-state index in [9.17, 15) is 9.59 Å². The number of methoxy groups -OCH3 is 1. The molecule has 1 aliphatic heterocycles. The van der Waals surface area contributed by atoms with Crippen LogP contribution in [0.15, 0.2) is 54.6 Å². The third-order valence-electron chi connectivity index (χ3n) is 7.01. The summed E-state index contributed by atoms with van der Waals surface area (Å²) < 4.78 is 5.17. The summed E-state index contributed by atoms with van der Waals surface area (Å²) in [7, 11) is 1.62. The molecule has 7 nitrogen and oxygen atoms in total. The number of rotatable bonds is 8. The number of carbonyl (C=O) groups excluding carboxylic acids is 2. The van der Waals surface area contributed by atoms with Crippen molar-refractivity contribution < 1.29 is 14.3 Å². The Kier molecular flexibility index (Phi) is 8.41. The van der Waals surface area contributed by atoms with E-state index in [2.05, 4.69) is 27.7 Å². The Labute approximate surface area is 202 Å². The van der Waals surface area contributed by atoms with E-state index in [1.807, 2.05) is 47.4 Å².